The Labute approximate surface area is 116 Å². The van der Waals surface area contributed by atoms with Gasteiger partial charge in [-0.05, 0) is 49.8 Å². The van der Waals surface area contributed by atoms with E-state index in [0.29, 0.717) is 5.92 Å². The summed E-state index contributed by atoms with van der Waals surface area (Å²) in [6, 6.07) is 7.95. The molecule has 0 saturated heterocycles. The van der Waals surface area contributed by atoms with Crippen molar-refractivity contribution in [2.75, 3.05) is 0 Å². The summed E-state index contributed by atoms with van der Waals surface area (Å²) >= 11 is 3.41. The lowest BCUT2D eigenvalue weighted by Crippen LogP contribution is -2.44. The smallest absolute Gasteiger partial charge is 0.320 e. The number of halogens is 1. The van der Waals surface area contributed by atoms with Gasteiger partial charge in [0.1, 0.15) is 6.04 Å². The Morgan fingerprint density at radius 3 is 2.56 bits per heavy atom. The lowest BCUT2D eigenvalue weighted by atomic mass is 10.1. The Morgan fingerprint density at radius 2 is 2.06 bits per heavy atom. The van der Waals surface area contributed by atoms with Gasteiger partial charge < -0.3 is 10.4 Å². The fraction of sp³-hybridized carbons (Fsp3) is 0.500. The largest absolute Gasteiger partial charge is 0.480 e. The minimum atomic E-state index is -0.722. The van der Waals surface area contributed by atoms with Gasteiger partial charge in [0.15, 0.2) is 0 Å². The number of nitrogens with one attached hydrogen (secondary N) is 1. The van der Waals surface area contributed by atoms with Crippen molar-refractivity contribution in [1.29, 1.82) is 0 Å². The molecule has 2 atom stereocenters. The quantitative estimate of drug-likeness (QED) is 0.849. The number of hydrogen-bond donors (Lipinski definition) is 2. The van der Waals surface area contributed by atoms with Crippen LogP contribution in [-0.4, -0.2) is 23.2 Å². The van der Waals surface area contributed by atoms with Gasteiger partial charge >= 0.3 is 5.97 Å². The summed E-state index contributed by atoms with van der Waals surface area (Å²) in [6.45, 7) is 2.04. The van der Waals surface area contributed by atoms with Crippen molar-refractivity contribution in [3.05, 3.63) is 34.3 Å². The van der Waals surface area contributed by atoms with E-state index >= 15 is 0 Å². The zero-order chi connectivity index (χ0) is 13.1. The van der Waals surface area contributed by atoms with Crippen molar-refractivity contribution < 1.29 is 9.90 Å². The van der Waals surface area contributed by atoms with Gasteiger partial charge in [0.2, 0.25) is 0 Å². The maximum absolute atomic E-state index is 11.1. The molecule has 2 N–H and O–H groups in total. The van der Waals surface area contributed by atoms with E-state index in [-0.39, 0.29) is 12.1 Å². The molecule has 0 heterocycles. The van der Waals surface area contributed by atoms with Crippen molar-refractivity contribution in [3.63, 3.8) is 0 Å². The molecule has 1 aromatic rings. The van der Waals surface area contributed by atoms with Crippen LogP contribution in [0.1, 0.15) is 25.3 Å². The van der Waals surface area contributed by atoms with Crippen molar-refractivity contribution in [2.24, 2.45) is 5.92 Å². The van der Waals surface area contributed by atoms with Crippen LogP contribution < -0.4 is 5.32 Å². The van der Waals surface area contributed by atoms with E-state index in [1.807, 2.05) is 19.1 Å². The zero-order valence-corrected chi connectivity index (χ0v) is 12.0. The summed E-state index contributed by atoms with van der Waals surface area (Å²) in [6.07, 6.45) is 2.92. The van der Waals surface area contributed by atoms with Crippen LogP contribution in [0, 0.1) is 5.92 Å². The second-order valence-corrected chi connectivity index (χ2v) is 5.97. The summed E-state index contributed by atoms with van der Waals surface area (Å²) in [4.78, 5) is 11.1. The van der Waals surface area contributed by atoms with Crippen molar-refractivity contribution in [1.82, 2.24) is 5.32 Å². The van der Waals surface area contributed by atoms with Crippen molar-refractivity contribution in [2.45, 2.75) is 38.3 Å². The molecule has 1 aliphatic rings. The molecule has 1 saturated carbocycles. The predicted molar refractivity (Wildman–Crippen MR) is 74.6 cm³/mol. The number of carbonyl (C=O) groups is 1. The number of carboxylic acid groups (broad SMARTS) is 1. The minimum absolute atomic E-state index is 0.174. The third-order valence-electron chi connectivity index (χ3n) is 3.28. The number of rotatable bonds is 6. The van der Waals surface area contributed by atoms with Crippen LogP contribution in [0.4, 0.5) is 0 Å². The first-order chi connectivity index (χ1) is 8.56. The first-order valence-electron chi connectivity index (χ1n) is 6.29. The molecule has 0 radical (unpaired) electrons. The van der Waals surface area contributed by atoms with Gasteiger partial charge in [-0.15, -0.1) is 0 Å². The molecule has 0 bridgehead atoms. The Kier molecular flexibility index (Phi) is 4.40. The van der Waals surface area contributed by atoms with E-state index in [4.69, 9.17) is 5.11 Å². The molecule has 1 aliphatic carbocycles. The highest BCUT2D eigenvalue weighted by Crippen LogP contribution is 2.33. The molecule has 0 aliphatic heterocycles. The van der Waals surface area contributed by atoms with Crippen LogP contribution in [0.25, 0.3) is 0 Å². The third-order valence-corrected chi connectivity index (χ3v) is 3.81. The number of aliphatic carboxylic acids is 1. The van der Waals surface area contributed by atoms with E-state index in [2.05, 4.69) is 33.4 Å². The van der Waals surface area contributed by atoms with Gasteiger partial charge in [-0.1, -0.05) is 28.1 Å². The number of benzene rings is 1. The maximum atomic E-state index is 11.1. The number of carboxylic acids is 1. The molecular formula is C14H18BrNO2. The molecule has 18 heavy (non-hydrogen) atoms. The van der Waals surface area contributed by atoms with Gasteiger partial charge in [0.05, 0.1) is 0 Å². The van der Waals surface area contributed by atoms with E-state index < -0.39 is 5.97 Å². The predicted octanol–water partition coefficient (Wildman–Crippen LogP) is 2.83. The molecule has 1 fully saturated rings. The highest BCUT2D eigenvalue weighted by atomic mass is 79.9. The molecule has 3 nitrogen and oxygen atoms in total. The average molecular weight is 312 g/mol. The summed E-state index contributed by atoms with van der Waals surface area (Å²) in [5, 5.41) is 12.4. The Morgan fingerprint density at radius 1 is 1.44 bits per heavy atom. The third kappa shape index (κ3) is 3.82. The molecule has 2 rings (SSSR count). The van der Waals surface area contributed by atoms with Crippen molar-refractivity contribution >= 4 is 21.9 Å². The van der Waals surface area contributed by atoms with Gasteiger partial charge in [-0.3, -0.25) is 4.79 Å². The summed E-state index contributed by atoms with van der Waals surface area (Å²) in [7, 11) is 0. The van der Waals surface area contributed by atoms with E-state index in [1.54, 1.807) is 0 Å². The maximum Gasteiger partial charge on any atom is 0.320 e. The van der Waals surface area contributed by atoms with Gasteiger partial charge in [-0.2, -0.15) is 0 Å². The first-order valence-corrected chi connectivity index (χ1v) is 7.09. The summed E-state index contributed by atoms with van der Waals surface area (Å²) < 4.78 is 1.06. The topological polar surface area (TPSA) is 49.3 Å². The normalized spacial score (nSPS) is 18.3. The van der Waals surface area contributed by atoms with Gasteiger partial charge in [0, 0.05) is 10.5 Å². The lowest BCUT2D eigenvalue weighted by molar-refractivity contribution is -0.140. The summed E-state index contributed by atoms with van der Waals surface area (Å²) in [5.74, 6) is -0.393. The average Bonchev–Trinajstić information content (AvgIpc) is 3.13. The van der Waals surface area contributed by atoms with Gasteiger partial charge in [-0.25, -0.2) is 0 Å². The molecule has 2 unspecified atom stereocenters. The highest BCUT2D eigenvalue weighted by molar-refractivity contribution is 9.10. The zero-order valence-electron chi connectivity index (χ0n) is 10.4. The molecule has 0 spiro atoms. The molecule has 4 heteroatoms. The van der Waals surface area contributed by atoms with Crippen LogP contribution in [0.5, 0.6) is 0 Å². The van der Waals surface area contributed by atoms with Crippen LogP contribution >= 0.6 is 15.9 Å². The number of hydrogen-bond acceptors (Lipinski definition) is 2. The highest BCUT2D eigenvalue weighted by Gasteiger charge is 2.36. The second kappa shape index (κ2) is 5.85. The van der Waals surface area contributed by atoms with Crippen LogP contribution in [0.2, 0.25) is 0 Å². The monoisotopic (exact) mass is 311 g/mol. The van der Waals surface area contributed by atoms with Crippen LogP contribution in [0.15, 0.2) is 28.7 Å². The molecule has 1 aromatic carbocycles. The van der Waals surface area contributed by atoms with E-state index in [0.717, 1.165) is 23.7 Å². The molecular weight excluding hydrogens is 294 g/mol. The molecule has 0 amide bonds. The SMILES string of the molecule is CC(Cc1ccc(Br)cc1)NC(C(=O)O)C1CC1. The fourth-order valence-electron chi connectivity index (χ4n) is 2.18. The van der Waals surface area contributed by atoms with E-state index in [9.17, 15) is 4.79 Å². The standard InChI is InChI=1S/C14H18BrNO2/c1-9(8-10-2-6-12(15)7-3-10)16-13(14(17)18)11-4-5-11/h2-3,6-7,9,11,13,16H,4-5,8H2,1H3,(H,17,18). The summed E-state index contributed by atoms with van der Waals surface area (Å²) in [5.41, 5.74) is 1.22. The molecule has 0 aromatic heterocycles. The Hall–Kier alpha value is -0.870. The second-order valence-electron chi connectivity index (χ2n) is 5.05. The van der Waals surface area contributed by atoms with E-state index in [1.165, 1.54) is 5.56 Å². The van der Waals surface area contributed by atoms with Gasteiger partial charge in [0.25, 0.3) is 0 Å². The fourth-order valence-corrected chi connectivity index (χ4v) is 2.44. The van der Waals surface area contributed by atoms with Crippen LogP contribution in [0.3, 0.4) is 0 Å². The Balaban J connectivity index is 1.89. The van der Waals surface area contributed by atoms with Crippen LogP contribution in [-0.2, 0) is 11.2 Å². The first kappa shape index (κ1) is 13.6. The minimum Gasteiger partial charge on any atom is -0.480 e. The molecule has 98 valence electrons. The van der Waals surface area contributed by atoms with Crippen molar-refractivity contribution in [3.8, 4) is 0 Å². The lowest BCUT2D eigenvalue weighted by Gasteiger charge is -2.20. The Bertz CT molecular complexity index is 414.